The Hall–Kier alpha value is -1.97. The van der Waals surface area contributed by atoms with Gasteiger partial charge in [0.15, 0.2) is 0 Å². The topological polar surface area (TPSA) is 72.6 Å². The number of rotatable bonds is 4. The van der Waals surface area contributed by atoms with Gasteiger partial charge in [-0.25, -0.2) is 0 Å². The van der Waals surface area contributed by atoms with Crippen molar-refractivity contribution < 1.29 is 14.6 Å². The van der Waals surface area contributed by atoms with E-state index < -0.39 is 5.91 Å². The molecule has 1 rings (SSSR count). The quantitative estimate of drug-likeness (QED) is 0.781. The zero-order valence-electron chi connectivity index (χ0n) is 8.43. The summed E-state index contributed by atoms with van der Waals surface area (Å²) in [5.41, 5.74) is 5.57. The van der Waals surface area contributed by atoms with Gasteiger partial charge in [0.2, 0.25) is 5.91 Å². The average Bonchev–Trinajstić information content (AvgIpc) is 2.20. The summed E-state index contributed by atoms with van der Waals surface area (Å²) in [6.45, 7) is 0. The second-order valence-corrected chi connectivity index (χ2v) is 3.00. The van der Waals surface area contributed by atoms with E-state index in [4.69, 9.17) is 10.5 Å². The third-order valence-corrected chi connectivity index (χ3v) is 1.85. The van der Waals surface area contributed by atoms with E-state index >= 15 is 0 Å². The fraction of sp³-hybridized carbons (Fsp3) is 0.182. The van der Waals surface area contributed by atoms with Gasteiger partial charge in [0.25, 0.3) is 0 Å². The molecular formula is C11H13NO3. The van der Waals surface area contributed by atoms with Crippen LogP contribution in [0.4, 0.5) is 0 Å². The number of primary amides is 1. The van der Waals surface area contributed by atoms with E-state index in [0.29, 0.717) is 11.3 Å². The molecule has 1 amide bonds. The number of benzene rings is 1. The highest BCUT2D eigenvalue weighted by Gasteiger charge is 1.99. The normalized spacial score (nSPS) is 10.5. The molecule has 0 fully saturated rings. The molecule has 0 spiro atoms. The molecule has 0 aliphatic heterocycles. The Morgan fingerprint density at radius 2 is 2.33 bits per heavy atom. The summed E-state index contributed by atoms with van der Waals surface area (Å²) in [6.07, 6.45) is 3.37. The largest absolute Gasteiger partial charge is 0.507 e. The van der Waals surface area contributed by atoms with E-state index in [0.717, 1.165) is 0 Å². The van der Waals surface area contributed by atoms with Crippen molar-refractivity contribution >= 4 is 12.0 Å². The molecule has 0 radical (unpaired) electrons. The van der Waals surface area contributed by atoms with Crippen molar-refractivity contribution in [1.29, 1.82) is 0 Å². The molecule has 80 valence electrons. The predicted octanol–water partition coefficient (Wildman–Crippen LogP) is 1.29. The highest BCUT2D eigenvalue weighted by molar-refractivity contribution is 5.76. The van der Waals surface area contributed by atoms with Gasteiger partial charge < -0.3 is 15.6 Å². The molecule has 0 aliphatic rings. The molecule has 4 nitrogen and oxygen atoms in total. The molecule has 0 saturated carbocycles. The summed E-state index contributed by atoms with van der Waals surface area (Å²) in [4.78, 5) is 10.5. The fourth-order valence-electron chi connectivity index (χ4n) is 1.10. The first kappa shape index (κ1) is 11.1. The Morgan fingerprint density at radius 3 is 2.93 bits per heavy atom. The molecule has 0 aliphatic carbocycles. The number of nitrogens with two attached hydrogens (primary N) is 1. The molecule has 0 bridgehead atoms. The van der Waals surface area contributed by atoms with Gasteiger partial charge in [-0.2, -0.15) is 0 Å². The van der Waals surface area contributed by atoms with Gasteiger partial charge in [-0.1, -0.05) is 12.2 Å². The van der Waals surface area contributed by atoms with Crippen molar-refractivity contribution in [2.75, 3.05) is 7.11 Å². The van der Waals surface area contributed by atoms with Crippen molar-refractivity contribution in [1.82, 2.24) is 0 Å². The van der Waals surface area contributed by atoms with Crippen LogP contribution in [0.15, 0.2) is 24.3 Å². The number of carbonyl (C=O) groups excluding carboxylic acids is 1. The number of phenolic OH excluding ortho intramolecular Hbond substituents is 1. The Bertz CT molecular complexity index is 385. The lowest BCUT2D eigenvalue weighted by Crippen LogP contribution is -2.07. The summed E-state index contributed by atoms with van der Waals surface area (Å²) in [6, 6.07) is 4.86. The number of phenols is 1. The second kappa shape index (κ2) is 5.05. The second-order valence-electron chi connectivity index (χ2n) is 3.00. The molecule has 4 heteroatoms. The van der Waals surface area contributed by atoms with Crippen LogP contribution in [0.25, 0.3) is 6.08 Å². The molecule has 15 heavy (non-hydrogen) atoms. The number of ether oxygens (including phenoxy) is 1. The van der Waals surface area contributed by atoms with Crippen molar-refractivity contribution in [2.24, 2.45) is 5.73 Å². The fourth-order valence-corrected chi connectivity index (χ4v) is 1.10. The zero-order valence-corrected chi connectivity index (χ0v) is 8.43. The lowest BCUT2D eigenvalue weighted by Gasteiger charge is -2.02. The Morgan fingerprint density at radius 1 is 1.60 bits per heavy atom. The molecule has 0 unspecified atom stereocenters. The molecule has 0 aromatic heterocycles. The molecule has 0 atom stereocenters. The summed E-state index contributed by atoms with van der Waals surface area (Å²) in [7, 11) is 1.54. The maximum absolute atomic E-state index is 10.5. The zero-order chi connectivity index (χ0) is 11.3. The van der Waals surface area contributed by atoms with Crippen LogP contribution in [0.5, 0.6) is 11.5 Å². The van der Waals surface area contributed by atoms with Crippen LogP contribution in [0.2, 0.25) is 0 Å². The lowest BCUT2D eigenvalue weighted by atomic mass is 10.1. The van der Waals surface area contributed by atoms with Crippen molar-refractivity contribution in [3.63, 3.8) is 0 Å². The number of carbonyl (C=O) groups is 1. The van der Waals surface area contributed by atoms with E-state index in [1.54, 1.807) is 31.4 Å². The van der Waals surface area contributed by atoms with Crippen molar-refractivity contribution in [3.8, 4) is 11.5 Å². The van der Waals surface area contributed by atoms with Crippen LogP contribution in [0, 0.1) is 0 Å². The highest BCUT2D eigenvalue weighted by Crippen LogP contribution is 2.23. The minimum atomic E-state index is -0.409. The summed E-state index contributed by atoms with van der Waals surface area (Å²) >= 11 is 0. The van der Waals surface area contributed by atoms with Crippen LogP contribution >= 0.6 is 0 Å². The Labute approximate surface area is 88.0 Å². The maximum Gasteiger partial charge on any atom is 0.221 e. The third kappa shape index (κ3) is 3.34. The van der Waals surface area contributed by atoms with Crippen LogP contribution < -0.4 is 10.5 Å². The van der Waals surface area contributed by atoms with E-state index in [2.05, 4.69) is 0 Å². The van der Waals surface area contributed by atoms with Crippen LogP contribution in [0.1, 0.15) is 12.0 Å². The standard InChI is InChI=1S/C11H13NO3/c1-15-9-5-6-10(13)8(7-9)3-2-4-11(12)14/h2-3,5-7,13H,4H2,1H3,(H2,12,14). The molecule has 0 heterocycles. The number of amides is 1. The van der Waals surface area contributed by atoms with E-state index in [9.17, 15) is 9.90 Å². The van der Waals surface area contributed by atoms with E-state index in [1.165, 1.54) is 6.07 Å². The van der Waals surface area contributed by atoms with Crippen molar-refractivity contribution in [2.45, 2.75) is 6.42 Å². The van der Waals surface area contributed by atoms with Gasteiger partial charge in [0.1, 0.15) is 11.5 Å². The Balaban J connectivity index is 2.83. The molecule has 1 aromatic carbocycles. The Kier molecular flexibility index (Phi) is 3.74. The first-order valence-electron chi connectivity index (χ1n) is 4.45. The number of hydrogen-bond donors (Lipinski definition) is 2. The van der Waals surface area contributed by atoms with Gasteiger partial charge in [0.05, 0.1) is 7.11 Å². The first-order valence-corrected chi connectivity index (χ1v) is 4.45. The van der Waals surface area contributed by atoms with Crippen LogP contribution in [-0.4, -0.2) is 18.1 Å². The van der Waals surface area contributed by atoms with E-state index in [-0.39, 0.29) is 12.2 Å². The van der Waals surface area contributed by atoms with Crippen LogP contribution in [0.3, 0.4) is 0 Å². The lowest BCUT2D eigenvalue weighted by molar-refractivity contribution is -0.117. The number of hydrogen-bond acceptors (Lipinski definition) is 3. The third-order valence-electron chi connectivity index (χ3n) is 1.85. The summed E-state index contributed by atoms with van der Waals surface area (Å²) < 4.78 is 5.00. The number of methoxy groups -OCH3 is 1. The minimum absolute atomic E-state index is 0.136. The van der Waals surface area contributed by atoms with Gasteiger partial charge in [0, 0.05) is 12.0 Å². The highest BCUT2D eigenvalue weighted by atomic mass is 16.5. The van der Waals surface area contributed by atoms with Gasteiger partial charge in [-0.15, -0.1) is 0 Å². The van der Waals surface area contributed by atoms with Crippen LogP contribution in [-0.2, 0) is 4.79 Å². The molecule has 0 saturated heterocycles. The first-order chi connectivity index (χ1) is 7.13. The van der Waals surface area contributed by atoms with Crippen molar-refractivity contribution in [3.05, 3.63) is 29.8 Å². The predicted molar refractivity (Wildman–Crippen MR) is 57.5 cm³/mol. The van der Waals surface area contributed by atoms with Gasteiger partial charge in [-0.05, 0) is 18.2 Å². The monoisotopic (exact) mass is 207 g/mol. The minimum Gasteiger partial charge on any atom is -0.507 e. The molecule has 3 N–H and O–H groups in total. The average molecular weight is 207 g/mol. The SMILES string of the molecule is COc1ccc(O)c(C=CCC(N)=O)c1. The van der Waals surface area contributed by atoms with E-state index in [1.807, 2.05) is 0 Å². The number of aromatic hydroxyl groups is 1. The summed E-state index contributed by atoms with van der Waals surface area (Å²) in [5, 5.41) is 9.47. The summed E-state index contributed by atoms with van der Waals surface area (Å²) in [5.74, 6) is 0.372. The molecular weight excluding hydrogens is 194 g/mol. The van der Waals surface area contributed by atoms with Gasteiger partial charge >= 0.3 is 0 Å². The van der Waals surface area contributed by atoms with Gasteiger partial charge in [-0.3, -0.25) is 4.79 Å². The molecule has 1 aromatic rings. The smallest absolute Gasteiger partial charge is 0.221 e. The maximum atomic E-state index is 10.5.